The van der Waals surface area contributed by atoms with E-state index in [0.29, 0.717) is 11.3 Å². The van der Waals surface area contributed by atoms with E-state index in [0.717, 1.165) is 12.5 Å². The van der Waals surface area contributed by atoms with E-state index in [2.05, 4.69) is 27.7 Å². The summed E-state index contributed by atoms with van der Waals surface area (Å²) >= 11 is 0. The van der Waals surface area contributed by atoms with E-state index >= 15 is 0 Å². The van der Waals surface area contributed by atoms with Gasteiger partial charge in [0, 0.05) is 27.4 Å². The highest BCUT2D eigenvalue weighted by atomic mass is 28.4. The summed E-state index contributed by atoms with van der Waals surface area (Å²) in [5.41, 5.74) is 0.342. The minimum atomic E-state index is -2.38. The maximum absolute atomic E-state index is 5.42. The van der Waals surface area contributed by atoms with Crippen LogP contribution >= 0.6 is 0 Å². The standard InChI is InChI=1S/C11H26O3Si/c1-10(8-11(2,3)4)9-15(12-5,13-6)14-7/h10H,8-9H2,1-7H3. The molecular weight excluding hydrogens is 208 g/mol. The molecule has 4 heteroatoms. The van der Waals surface area contributed by atoms with Crippen LogP contribution in [-0.4, -0.2) is 30.1 Å². The van der Waals surface area contributed by atoms with E-state index in [1.165, 1.54) is 0 Å². The summed E-state index contributed by atoms with van der Waals surface area (Å²) in [7, 11) is 2.63. The van der Waals surface area contributed by atoms with E-state index in [1.54, 1.807) is 21.3 Å². The summed E-state index contributed by atoms with van der Waals surface area (Å²) in [5.74, 6) is 0.552. The third kappa shape index (κ3) is 5.66. The van der Waals surface area contributed by atoms with Crippen LogP contribution in [0.4, 0.5) is 0 Å². The van der Waals surface area contributed by atoms with Gasteiger partial charge in [0.25, 0.3) is 0 Å². The van der Waals surface area contributed by atoms with E-state index in [1.807, 2.05) is 0 Å². The fourth-order valence-electron chi connectivity index (χ4n) is 2.04. The third-order valence-corrected chi connectivity index (χ3v) is 5.56. The van der Waals surface area contributed by atoms with Gasteiger partial charge in [-0.25, -0.2) is 0 Å². The summed E-state index contributed by atoms with van der Waals surface area (Å²) in [6.45, 7) is 8.97. The molecule has 1 atom stereocenters. The van der Waals surface area contributed by atoms with Crippen molar-refractivity contribution in [2.75, 3.05) is 21.3 Å². The first-order valence-corrected chi connectivity index (χ1v) is 7.37. The normalized spacial score (nSPS) is 15.4. The Morgan fingerprint density at radius 1 is 1.00 bits per heavy atom. The lowest BCUT2D eigenvalue weighted by atomic mass is 9.86. The lowest BCUT2D eigenvalue weighted by Gasteiger charge is -2.30. The van der Waals surface area contributed by atoms with Crippen molar-refractivity contribution in [1.29, 1.82) is 0 Å². The molecule has 0 aromatic heterocycles. The Bertz CT molecular complexity index is 165. The van der Waals surface area contributed by atoms with Crippen molar-refractivity contribution >= 4 is 8.80 Å². The quantitative estimate of drug-likeness (QED) is 0.661. The average Bonchev–Trinajstić information content (AvgIpc) is 2.11. The minimum Gasteiger partial charge on any atom is -0.377 e. The molecule has 0 aromatic rings. The van der Waals surface area contributed by atoms with Crippen LogP contribution in [0.1, 0.15) is 34.1 Å². The number of rotatable bonds is 6. The molecule has 0 amide bonds. The van der Waals surface area contributed by atoms with Gasteiger partial charge in [0.15, 0.2) is 0 Å². The molecule has 0 aliphatic heterocycles. The van der Waals surface area contributed by atoms with Crippen LogP contribution in [0, 0.1) is 11.3 Å². The van der Waals surface area contributed by atoms with Crippen molar-refractivity contribution in [2.24, 2.45) is 11.3 Å². The second-order valence-corrected chi connectivity index (χ2v) is 8.37. The molecule has 0 spiro atoms. The Hall–Kier alpha value is 0.0969. The van der Waals surface area contributed by atoms with Gasteiger partial charge < -0.3 is 13.3 Å². The molecule has 0 aliphatic carbocycles. The van der Waals surface area contributed by atoms with E-state index in [-0.39, 0.29) is 0 Å². The zero-order chi connectivity index (χ0) is 12.1. The molecule has 15 heavy (non-hydrogen) atoms. The van der Waals surface area contributed by atoms with Gasteiger partial charge in [-0.3, -0.25) is 0 Å². The zero-order valence-corrected chi connectivity index (χ0v) is 12.2. The van der Waals surface area contributed by atoms with E-state index < -0.39 is 8.80 Å². The average molecular weight is 234 g/mol. The highest BCUT2D eigenvalue weighted by Gasteiger charge is 2.39. The van der Waals surface area contributed by atoms with Crippen molar-refractivity contribution in [3.05, 3.63) is 0 Å². The first-order valence-electron chi connectivity index (χ1n) is 5.44. The Kier molecular flexibility index (Phi) is 6.03. The van der Waals surface area contributed by atoms with Gasteiger partial charge in [-0.05, 0) is 17.8 Å². The van der Waals surface area contributed by atoms with Crippen molar-refractivity contribution in [3.63, 3.8) is 0 Å². The predicted octanol–water partition coefficient (Wildman–Crippen LogP) is 2.94. The van der Waals surface area contributed by atoms with Gasteiger partial charge in [0.05, 0.1) is 0 Å². The van der Waals surface area contributed by atoms with Crippen LogP contribution in [-0.2, 0) is 13.3 Å². The minimum absolute atomic E-state index is 0.342. The summed E-state index contributed by atoms with van der Waals surface area (Å²) < 4.78 is 16.2. The SMILES string of the molecule is CO[Si](CC(C)CC(C)(C)C)(OC)OC. The molecule has 92 valence electrons. The van der Waals surface area contributed by atoms with Crippen LogP contribution in [0.3, 0.4) is 0 Å². The van der Waals surface area contributed by atoms with E-state index in [9.17, 15) is 0 Å². The molecule has 0 aliphatic rings. The molecule has 0 N–H and O–H groups in total. The molecule has 0 rings (SSSR count). The zero-order valence-electron chi connectivity index (χ0n) is 11.2. The van der Waals surface area contributed by atoms with Gasteiger partial charge in [0.1, 0.15) is 0 Å². The van der Waals surface area contributed by atoms with Gasteiger partial charge >= 0.3 is 8.80 Å². The lowest BCUT2D eigenvalue weighted by molar-refractivity contribution is 0.116. The van der Waals surface area contributed by atoms with Gasteiger partial charge in [-0.1, -0.05) is 27.7 Å². The fourth-order valence-corrected chi connectivity index (χ4v) is 4.04. The summed E-state index contributed by atoms with van der Waals surface area (Å²) in [5, 5.41) is 0. The van der Waals surface area contributed by atoms with Crippen LogP contribution in [0.15, 0.2) is 0 Å². The molecule has 3 nitrogen and oxygen atoms in total. The first-order chi connectivity index (χ1) is 6.78. The highest BCUT2D eigenvalue weighted by molar-refractivity contribution is 6.60. The van der Waals surface area contributed by atoms with Gasteiger partial charge in [-0.2, -0.15) is 0 Å². The molecule has 0 radical (unpaired) electrons. The summed E-state index contributed by atoms with van der Waals surface area (Å²) in [6, 6.07) is 0.883. The van der Waals surface area contributed by atoms with Crippen LogP contribution < -0.4 is 0 Å². The van der Waals surface area contributed by atoms with Crippen LogP contribution in [0.5, 0.6) is 0 Å². The maximum atomic E-state index is 5.42. The fraction of sp³-hybridized carbons (Fsp3) is 1.00. The van der Waals surface area contributed by atoms with Crippen LogP contribution in [0.2, 0.25) is 6.04 Å². The van der Waals surface area contributed by atoms with Crippen molar-refractivity contribution in [1.82, 2.24) is 0 Å². The van der Waals surface area contributed by atoms with Crippen molar-refractivity contribution in [3.8, 4) is 0 Å². The molecule has 0 heterocycles. The molecule has 1 unspecified atom stereocenters. The second-order valence-electron chi connectivity index (χ2n) is 5.37. The summed E-state index contributed by atoms with van der Waals surface area (Å²) in [4.78, 5) is 0. The summed E-state index contributed by atoms with van der Waals surface area (Å²) in [6.07, 6.45) is 1.15. The third-order valence-electron chi connectivity index (χ3n) is 2.49. The lowest BCUT2D eigenvalue weighted by Crippen LogP contribution is -2.44. The number of hydrogen-bond acceptors (Lipinski definition) is 3. The predicted molar refractivity (Wildman–Crippen MR) is 64.8 cm³/mol. The molecule has 0 saturated carbocycles. The van der Waals surface area contributed by atoms with Crippen molar-refractivity contribution < 1.29 is 13.3 Å². The molecule has 0 bridgehead atoms. The largest absolute Gasteiger partial charge is 0.500 e. The Balaban J connectivity index is 4.29. The maximum Gasteiger partial charge on any atom is 0.500 e. The Labute approximate surface area is 95.5 Å². The van der Waals surface area contributed by atoms with Crippen molar-refractivity contribution in [2.45, 2.75) is 40.2 Å². The Morgan fingerprint density at radius 2 is 1.40 bits per heavy atom. The monoisotopic (exact) mass is 234 g/mol. The van der Waals surface area contributed by atoms with E-state index in [4.69, 9.17) is 13.3 Å². The van der Waals surface area contributed by atoms with Gasteiger partial charge in [0.2, 0.25) is 0 Å². The first kappa shape index (κ1) is 15.1. The van der Waals surface area contributed by atoms with Gasteiger partial charge in [-0.15, -0.1) is 0 Å². The number of hydrogen-bond donors (Lipinski definition) is 0. The highest BCUT2D eigenvalue weighted by Crippen LogP contribution is 2.30. The second kappa shape index (κ2) is 5.99. The Morgan fingerprint density at radius 3 is 1.67 bits per heavy atom. The van der Waals surface area contributed by atoms with Crippen LogP contribution in [0.25, 0.3) is 0 Å². The molecule has 0 saturated heterocycles. The topological polar surface area (TPSA) is 27.7 Å². The molecular formula is C11H26O3Si. The smallest absolute Gasteiger partial charge is 0.377 e. The molecule has 0 fully saturated rings. The molecule has 0 aromatic carbocycles.